The van der Waals surface area contributed by atoms with E-state index >= 15 is 0 Å². The highest BCUT2D eigenvalue weighted by molar-refractivity contribution is 5.71. The zero-order valence-corrected chi connectivity index (χ0v) is 40.2. The largest absolute Gasteiger partial charge is 0.462 e. The van der Waals surface area contributed by atoms with Crippen molar-refractivity contribution in [3.8, 4) is 0 Å². The SMILES string of the molecule is CCCCC/C=C\C/C=C\CCCCCCCC(=O)OC(COC(=O)CCCCCCCCCCC)COC(=O)CCCCCCCCCCCCCCCCCCCC. The molecule has 0 N–H and O–H groups in total. The van der Waals surface area contributed by atoms with Crippen molar-refractivity contribution < 1.29 is 28.6 Å². The molecule has 0 rings (SSSR count). The van der Waals surface area contributed by atoms with E-state index in [1.807, 2.05) is 0 Å². The number of hydrogen-bond acceptors (Lipinski definition) is 6. The van der Waals surface area contributed by atoms with Gasteiger partial charge in [-0.2, -0.15) is 0 Å². The molecule has 352 valence electrons. The van der Waals surface area contributed by atoms with Crippen LogP contribution in [0.3, 0.4) is 0 Å². The van der Waals surface area contributed by atoms with Gasteiger partial charge in [-0.15, -0.1) is 0 Å². The molecule has 0 aliphatic rings. The second-order valence-corrected chi connectivity index (χ2v) is 17.8. The predicted molar refractivity (Wildman–Crippen MR) is 256 cm³/mol. The average molecular weight is 845 g/mol. The van der Waals surface area contributed by atoms with Gasteiger partial charge in [-0.25, -0.2) is 0 Å². The molecule has 0 fully saturated rings. The van der Waals surface area contributed by atoms with Crippen molar-refractivity contribution in [3.05, 3.63) is 24.3 Å². The van der Waals surface area contributed by atoms with E-state index < -0.39 is 6.10 Å². The topological polar surface area (TPSA) is 78.9 Å². The van der Waals surface area contributed by atoms with Gasteiger partial charge in [-0.1, -0.05) is 238 Å². The van der Waals surface area contributed by atoms with Crippen molar-refractivity contribution in [2.75, 3.05) is 13.2 Å². The molecule has 0 bridgehead atoms. The summed E-state index contributed by atoms with van der Waals surface area (Å²) in [5.41, 5.74) is 0. The zero-order valence-electron chi connectivity index (χ0n) is 40.2. The lowest BCUT2D eigenvalue weighted by Crippen LogP contribution is -2.30. The summed E-state index contributed by atoms with van der Waals surface area (Å²) in [5, 5.41) is 0. The molecule has 0 aromatic carbocycles. The highest BCUT2D eigenvalue weighted by Crippen LogP contribution is 2.16. The summed E-state index contributed by atoms with van der Waals surface area (Å²) in [6, 6.07) is 0. The van der Waals surface area contributed by atoms with Gasteiger partial charge in [-0.05, 0) is 51.4 Å². The lowest BCUT2D eigenvalue weighted by atomic mass is 10.0. The summed E-state index contributed by atoms with van der Waals surface area (Å²) in [7, 11) is 0. The third-order valence-electron chi connectivity index (χ3n) is 11.7. The Morgan fingerprint density at radius 3 is 0.950 bits per heavy atom. The van der Waals surface area contributed by atoms with Crippen LogP contribution in [0.4, 0.5) is 0 Å². The first-order chi connectivity index (χ1) is 29.5. The highest BCUT2D eigenvalue weighted by Gasteiger charge is 2.19. The molecule has 6 heteroatoms. The lowest BCUT2D eigenvalue weighted by Gasteiger charge is -2.18. The van der Waals surface area contributed by atoms with E-state index in [4.69, 9.17) is 14.2 Å². The van der Waals surface area contributed by atoms with Crippen LogP contribution in [0.2, 0.25) is 0 Å². The summed E-state index contributed by atoms with van der Waals surface area (Å²) >= 11 is 0. The first kappa shape index (κ1) is 57.9. The maximum atomic E-state index is 12.8. The molecule has 1 unspecified atom stereocenters. The third kappa shape index (κ3) is 46.9. The van der Waals surface area contributed by atoms with Gasteiger partial charge in [0.2, 0.25) is 0 Å². The second kappa shape index (κ2) is 49.5. The van der Waals surface area contributed by atoms with E-state index in [1.165, 1.54) is 167 Å². The molecule has 0 radical (unpaired) electrons. The summed E-state index contributed by atoms with van der Waals surface area (Å²) < 4.78 is 16.8. The van der Waals surface area contributed by atoms with Crippen molar-refractivity contribution in [1.29, 1.82) is 0 Å². The first-order valence-corrected chi connectivity index (χ1v) is 26.3. The van der Waals surface area contributed by atoms with Crippen LogP contribution in [-0.2, 0) is 28.6 Å². The van der Waals surface area contributed by atoms with Crippen molar-refractivity contribution in [2.45, 2.75) is 290 Å². The van der Waals surface area contributed by atoms with E-state index in [1.54, 1.807) is 0 Å². The molecule has 1 atom stereocenters. The standard InChI is InChI=1S/C54H100O6/c1-4-7-10-13-16-19-21-23-25-26-27-29-30-32-35-38-41-44-47-53(56)59-50-51(49-58-52(55)46-43-40-37-34-18-15-12-9-6-3)60-54(57)48-45-42-39-36-33-31-28-24-22-20-17-14-11-8-5-2/h17,20,24,28,51H,4-16,18-19,21-23,25-27,29-50H2,1-3H3/b20-17-,28-24-. The Hall–Kier alpha value is -2.11. The first-order valence-electron chi connectivity index (χ1n) is 26.3. The molecule has 6 nitrogen and oxygen atoms in total. The monoisotopic (exact) mass is 845 g/mol. The van der Waals surface area contributed by atoms with Crippen LogP contribution >= 0.6 is 0 Å². The van der Waals surface area contributed by atoms with Crippen LogP contribution in [0, 0.1) is 0 Å². The fourth-order valence-electron chi connectivity index (χ4n) is 7.71. The third-order valence-corrected chi connectivity index (χ3v) is 11.7. The number of unbranched alkanes of at least 4 members (excludes halogenated alkanes) is 33. The summed E-state index contributed by atoms with van der Waals surface area (Å²) in [6.07, 6.45) is 55.9. The van der Waals surface area contributed by atoms with Crippen LogP contribution in [0.15, 0.2) is 24.3 Å². The Balaban J connectivity index is 4.28. The van der Waals surface area contributed by atoms with Gasteiger partial charge in [0.1, 0.15) is 13.2 Å². The van der Waals surface area contributed by atoms with Gasteiger partial charge in [-0.3, -0.25) is 14.4 Å². The molecule has 0 saturated heterocycles. The van der Waals surface area contributed by atoms with E-state index in [0.717, 1.165) is 77.0 Å². The Labute approximate surface area is 373 Å². The lowest BCUT2D eigenvalue weighted by molar-refractivity contribution is -0.167. The molecule has 0 aromatic rings. The quantitative estimate of drug-likeness (QED) is 0.0263. The molecule has 0 amide bonds. The summed E-state index contributed by atoms with van der Waals surface area (Å²) in [4.78, 5) is 37.9. The van der Waals surface area contributed by atoms with Crippen LogP contribution in [0.5, 0.6) is 0 Å². The Morgan fingerprint density at radius 2 is 0.600 bits per heavy atom. The van der Waals surface area contributed by atoms with Gasteiger partial charge in [0.15, 0.2) is 6.10 Å². The molecule has 0 aliphatic heterocycles. The van der Waals surface area contributed by atoms with E-state index in [2.05, 4.69) is 45.1 Å². The molecule has 0 aliphatic carbocycles. The molecule has 0 heterocycles. The Bertz CT molecular complexity index is 973. The molecular weight excluding hydrogens is 745 g/mol. The van der Waals surface area contributed by atoms with Crippen LogP contribution in [0.1, 0.15) is 284 Å². The zero-order chi connectivity index (χ0) is 43.7. The number of esters is 3. The second-order valence-electron chi connectivity index (χ2n) is 17.8. The minimum atomic E-state index is -0.771. The average Bonchev–Trinajstić information content (AvgIpc) is 3.24. The van der Waals surface area contributed by atoms with Gasteiger partial charge >= 0.3 is 17.9 Å². The van der Waals surface area contributed by atoms with Gasteiger partial charge in [0.05, 0.1) is 0 Å². The van der Waals surface area contributed by atoms with Gasteiger partial charge in [0, 0.05) is 19.3 Å². The van der Waals surface area contributed by atoms with Crippen LogP contribution in [0.25, 0.3) is 0 Å². The van der Waals surface area contributed by atoms with Gasteiger partial charge < -0.3 is 14.2 Å². The summed E-state index contributed by atoms with van der Waals surface area (Å²) in [6.45, 7) is 6.61. The maximum absolute atomic E-state index is 12.8. The smallest absolute Gasteiger partial charge is 0.306 e. The number of rotatable bonds is 48. The number of hydrogen-bond donors (Lipinski definition) is 0. The molecular formula is C54H100O6. The van der Waals surface area contributed by atoms with Crippen LogP contribution < -0.4 is 0 Å². The Kier molecular flexibility index (Phi) is 47.8. The minimum absolute atomic E-state index is 0.0723. The predicted octanol–water partition coefficient (Wildman–Crippen LogP) is 17.2. The van der Waals surface area contributed by atoms with E-state index in [9.17, 15) is 14.4 Å². The van der Waals surface area contributed by atoms with E-state index in [-0.39, 0.29) is 31.1 Å². The maximum Gasteiger partial charge on any atom is 0.306 e. The number of carbonyl (C=O) groups is 3. The normalized spacial score (nSPS) is 12.1. The fourth-order valence-corrected chi connectivity index (χ4v) is 7.71. The van der Waals surface area contributed by atoms with Crippen molar-refractivity contribution in [3.63, 3.8) is 0 Å². The molecule has 60 heavy (non-hydrogen) atoms. The van der Waals surface area contributed by atoms with Crippen molar-refractivity contribution in [1.82, 2.24) is 0 Å². The number of ether oxygens (including phenoxy) is 3. The molecule has 0 spiro atoms. The minimum Gasteiger partial charge on any atom is -0.462 e. The van der Waals surface area contributed by atoms with Crippen LogP contribution in [-0.4, -0.2) is 37.2 Å². The number of allylic oxidation sites excluding steroid dienone is 4. The van der Waals surface area contributed by atoms with E-state index in [0.29, 0.717) is 19.3 Å². The number of carbonyl (C=O) groups excluding carboxylic acids is 3. The molecule has 0 aromatic heterocycles. The molecule has 0 saturated carbocycles. The fraction of sp³-hybridized carbons (Fsp3) is 0.870. The Morgan fingerprint density at radius 1 is 0.333 bits per heavy atom. The van der Waals surface area contributed by atoms with Crippen molar-refractivity contribution in [2.24, 2.45) is 0 Å². The highest BCUT2D eigenvalue weighted by atomic mass is 16.6. The van der Waals surface area contributed by atoms with Crippen molar-refractivity contribution >= 4 is 17.9 Å². The summed E-state index contributed by atoms with van der Waals surface area (Å²) in [5.74, 6) is -0.875. The van der Waals surface area contributed by atoms with Gasteiger partial charge in [0.25, 0.3) is 0 Å².